The van der Waals surface area contributed by atoms with Crippen LogP contribution in [0.3, 0.4) is 0 Å². The fourth-order valence-electron chi connectivity index (χ4n) is 14.4. The van der Waals surface area contributed by atoms with Crippen LogP contribution in [0.15, 0.2) is 60.2 Å². The molecule has 5 aliphatic carbocycles. The number of allylic oxidation sites excluding steroid dienone is 1. The number of rotatable bonds is 17. The number of alkyl carbamates (subject to hydrolysis) is 1. The molecule has 2 aromatic carbocycles. The summed E-state index contributed by atoms with van der Waals surface area (Å²) in [5.41, 5.74) is 6.48. The second-order valence-corrected chi connectivity index (χ2v) is 22.6. The molecular weight excluding hydrogens is 813 g/mol. The van der Waals surface area contributed by atoms with Crippen molar-refractivity contribution >= 4 is 24.0 Å². The van der Waals surface area contributed by atoms with Crippen molar-refractivity contribution in [2.45, 2.75) is 144 Å². The average molecular weight is 893 g/mol. The summed E-state index contributed by atoms with van der Waals surface area (Å²) >= 11 is 0. The highest BCUT2D eigenvalue weighted by Gasteiger charge is 2.62. The maximum atomic E-state index is 12.9. The highest BCUT2D eigenvalue weighted by atomic mass is 16.5. The summed E-state index contributed by atoms with van der Waals surface area (Å²) in [5, 5.41) is 18.7. The van der Waals surface area contributed by atoms with Gasteiger partial charge in [-0.1, -0.05) is 135 Å². The predicted molar refractivity (Wildman–Crippen MR) is 258 cm³/mol. The standard InChI is InChI=1S/C55H80N4O6/c1-35(2)15-13-16-36(3)45-23-24-46-43-22-21-37-31-38(32-48(53(4,5)6)55(37,8)47(43)25-27-54(45,46)7)59(52(63)64)30-14-28-56-49(60)26-29-57-50(61)33-58-51(62)65-34-44-41-19-11-9-17-39(41)40-18-10-12-20-42(40)44/h9-12,17-21,35-36,38,43-48H,13-16,22-34H2,1-8H3,(H,56,60)(H,57,61)(H,58,62)(H,63,64)/t36-,38-,43+,45-,46+,47+,48?,54-,55+/m1/s1. The summed E-state index contributed by atoms with van der Waals surface area (Å²) < 4.78 is 5.52. The monoisotopic (exact) mass is 893 g/mol. The Hall–Kier alpha value is -4.34. The third-order valence-electron chi connectivity index (χ3n) is 17.5. The molecule has 0 saturated heterocycles. The number of amides is 4. The zero-order valence-corrected chi connectivity index (χ0v) is 40.8. The lowest BCUT2D eigenvalue weighted by atomic mass is 9.42. The van der Waals surface area contributed by atoms with Crippen LogP contribution in [0.25, 0.3) is 11.1 Å². The number of nitrogens with one attached hydrogen (secondary N) is 3. The highest BCUT2D eigenvalue weighted by molar-refractivity contribution is 5.83. The number of nitrogens with zero attached hydrogens (tertiary/aromatic N) is 1. The summed E-state index contributed by atoms with van der Waals surface area (Å²) in [6.07, 6.45) is 13.7. The van der Waals surface area contributed by atoms with Crippen molar-refractivity contribution in [1.82, 2.24) is 20.9 Å². The molecule has 10 heteroatoms. The molecular formula is C55H80N4O6. The van der Waals surface area contributed by atoms with Crippen LogP contribution in [0, 0.1) is 57.7 Å². The zero-order valence-electron chi connectivity index (χ0n) is 40.8. The lowest BCUT2D eigenvalue weighted by molar-refractivity contribution is -0.122. The van der Waals surface area contributed by atoms with Crippen LogP contribution in [0.4, 0.5) is 9.59 Å². The summed E-state index contributed by atoms with van der Waals surface area (Å²) in [6.45, 7) is 20.3. The van der Waals surface area contributed by atoms with Crippen LogP contribution in [0.5, 0.6) is 0 Å². The Bertz CT molecular complexity index is 2010. The van der Waals surface area contributed by atoms with Crippen molar-refractivity contribution in [2.24, 2.45) is 57.7 Å². The maximum absolute atomic E-state index is 12.9. The Kier molecular flexibility index (Phi) is 15.1. The predicted octanol–water partition coefficient (Wildman–Crippen LogP) is 11.2. The van der Waals surface area contributed by atoms with Gasteiger partial charge in [0.1, 0.15) is 6.61 Å². The molecule has 0 aromatic heterocycles. The minimum Gasteiger partial charge on any atom is -0.465 e. The first-order chi connectivity index (χ1) is 30.9. The lowest BCUT2D eigenvalue weighted by Crippen LogP contribution is -2.58. The third-order valence-corrected chi connectivity index (χ3v) is 17.5. The van der Waals surface area contributed by atoms with Gasteiger partial charge in [-0.05, 0) is 131 Å². The lowest BCUT2D eigenvalue weighted by Gasteiger charge is -2.63. The second kappa shape index (κ2) is 20.3. The van der Waals surface area contributed by atoms with E-state index >= 15 is 0 Å². The van der Waals surface area contributed by atoms with E-state index in [1.165, 1.54) is 50.5 Å². The molecule has 0 radical (unpaired) electrons. The summed E-state index contributed by atoms with van der Waals surface area (Å²) in [6, 6.07) is 16.1. The van der Waals surface area contributed by atoms with Gasteiger partial charge in [-0.25, -0.2) is 9.59 Å². The van der Waals surface area contributed by atoms with Crippen molar-refractivity contribution < 1.29 is 29.0 Å². The Labute approximate surface area is 389 Å². The van der Waals surface area contributed by atoms with Gasteiger partial charge in [-0.3, -0.25) is 9.59 Å². The van der Waals surface area contributed by atoms with Gasteiger partial charge in [0.25, 0.3) is 0 Å². The smallest absolute Gasteiger partial charge is 0.407 e. The molecule has 356 valence electrons. The first-order valence-electron chi connectivity index (χ1n) is 25.2. The molecule has 9 atom stereocenters. The third kappa shape index (κ3) is 10.3. The van der Waals surface area contributed by atoms with Gasteiger partial charge < -0.3 is 30.7 Å². The number of ether oxygens (including phenoxy) is 1. The van der Waals surface area contributed by atoms with Crippen LogP contribution < -0.4 is 16.0 Å². The molecule has 65 heavy (non-hydrogen) atoms. The molecule has 5 aliphatic rings. The van der Waals surface area contributed by atoms with Crippen molar-refractivity contribution in [3.63, 3.8) is 0 Å². The fraction of sp³-hybridized carbons (Fsp3) is 0.673. The number of fused-ring (bicyclic) bond motifs is 8. The molecule has 2 aromatic rings. The number of carbonyl (C=O) groups excluding carboxylic acids is 3. The Balaban J connectivity index is 0.852. The topological polar surface area (TPSA) is 137 Å². The molecule has 3 fully saturated rings. The number of benzene rings is 2. The minimum absolute atomic E-state index is 0.0152. The maximum Gasteiger partial charge on any atom is 0.407 e. The van der Waals surface area contributed by atoms with Crippen molar-refractivity contribution in [1.29, 1.82) is 0 Å². The normalized spacial score (nSPS) is 28.4. The molecule has 0 bridgehead atoms. The molecule has 4 N–H and O–H groups in total. The fourth-order valence-corrected chi connectivity index (χ4v) is 14.4. The molecule has 1 unspecified atom stereocenters. The second-order valence-electron chi connectivity index (χ2n) is 22.6. The summed E-state index contributed by atoms with van der Waals surface area (Å²) in [4.78, 5) is 52.3. The number of carbonyl (C=O) groups is 4. The Morgan fingerprint density at radius 1 is 0.846 bits per heavy atom. The molecule has 0 spiro atoms. The van der Waals surface area contributed by atoms with E-state index in [2.05, 4.69) is 89.5 Å². The number of hydrogen-bond acceptors (Lipinski definition) is 5. The van der Waals surface area contributed by atoms with Gasteiger partial charge in [0.05, 0.1) is 6.54 Å². The van der Waals surface area contributed by atoms with E-state index in [9.17, 15) is 24.3 Å². The molecule has 0 heterocycles. The van der Waals surface area contributed by atoms with Gasteiger partial charge in [0, 0.05) is 38.0 Å². The van der Waals surface area contributed by atoms with E-state index in [1.54, 1.807) is 4.90 Å². The van der Waals surface area contributed by atoms with E-state index in [0.717, 1.165) is 65.2 Å². The summed E-state index contributed by atoms with van der Waals surface area (Å²) in [7, 11) is 0. The van der Waals surface area contributed by atoms with Crippen LogP contribution in [0.2, 0.25) is 0 Å². The van der Waals surface area contributed by atoms with Gasteiger partial charge >= 0.3 is 12.2 Å². The Morgan fingerprint density at radius 2 is 1.52 bits per heavy atom. The first-order valence-corrected chi connectivity index (χ1v) is 25.2. The van der Waals surface area contributed by atoms with Crippen LogP contribution in [-0.2, 0) is 14.3 Å². The minimum atomic E-state index is -0.894. The van der Waals surface area contributed by atoms with E-state index in [4.69, 9.17) is 4.74 Å². The number of hydrogen-bond donors (Lipinski definition) is 4. The SMILES string of the molecule is CC(C)CCC[C@@H](C)[C@H]1CC[C@H]2[C@@H]3CC=C4C[C@@H](N(CCCNC(=O)CCNC(=O)CNC(=O)OCC5c6ccccc6-c6ccccc65)C(=O)O)CC(C(C)(C)C)[C@]4(C)[C@H]3CC[C@]12C. The van der Waals surface area contributed by atoms with Crippen LogP contribution >= 0.6 is 0 Å². The quantitative estimate of drug-likeness (QED) is 0.0922. The van der Waals surface area contributed by atoms with E-state index < -0.39 is 18.1 Å². The van der Waals surface area contributed by atoms with Crippen LogP contribution in [-0.4, -0.2) is 72.8 Å². The van der Waals surface area contributed by atoms with Crippen LogP contribution in [0.1, 0.15) is 149 Å². The number of carboxylic acid groups (broad SMARTS) is 1. The van der Waals surface area contributed by atoms with Crippen molar-refractivity contribution in [3.8, 4) is 11.1 Å². The molecule has 4 amide bonds. The van der Waals surface area contributed by atoms with Gasteiger partial charge in [0.2, 0.25) is 11.8 Å². The largest absolute Gasteiger partial charge is 0.465 e. The molecule has 7 rings (SSSR count). The van der Waals surface area contributed by atoms with Crippen molar-refractivity contribution in [2.75, 3.05) is 32.8 Å². The zero-order chi connectivity index (χ0) is 46.7. The van der Waals surface area contributed by atoms with E-state index in [-0.39, 0.29) is 54.8 Å². The van der Waals surface area contributed by atoms with Crippen molar-refractivity contribution in [3.05, 3.63) is 71.3 Å². The molecule has 0 aliphatic heterocycles. The Morgan fingerprint density at radius 3 is 2.18 bits per heavy atom. The van der Waals surface area contributed by atoms with Gasteiger partial charge in [-0.2, -0.15) is 0 Å². The van der Waals surface area contributed by atoms with Gasteiger partial charge in [-0.15, -0.1) is 0 Å². The highest BCUT2D eigenvalue weighted by Crippen LogP contribution is 2.70. The average Bonchev–Trinajstić information content (AvgIpc) is 3.78. The van der Waals surface area contributed by atoms with E-state index in [1.807, 2.05) is 36.4 Å². The van der Waals surface area contributed by atoms with Gasteiger partial charge in [0.15, 0.2) is 0 Å². The first kappa shape index (κ1) is 48.6. The summed E-state index contributed by atoms with van der Waals surface area (Å²) in [5.74, 6) is 4.13. The van der Waals surface area contributed by atoms with E-state index in [0.29, 0.717) is 42.7 Å². The molecule has 3 saturated carbocycles. The molecule has 10 nitrogen and oxygen atoms in total.